The van der Waals surface area contributed by atoms with Crippen molar-refractivity contribution in [1.82, 2.24) is 0 Å². The zero-order valence-electron chi connectivity index (χ0n) is 6.55. The highest BCUT2D eigenvalue weighted by atomic mass is 35.5. The van der Waals surface area contributed by atoms with Gasteiger partial charge in [-0.1, -0.05) is 11.6 Å². The third-order valence-electron chi connectivity index (χ3n) is 1.35. The van der Waals surface area contributed by atoms with E-state index in [1.54, 1.807) is 0 Å². The van der Waals surface area contributed by atoms with E-state index in [9.17, 15) is 9.18 Å². The molecule has 0 aliphatic carbocycles. The van der Waals surface area contributed by atoms with Gasteiger partial charge in [-0.25, -0.2) is 4.39 Å². The average molecular weight is 204 g/mol. The van der Waals surface area contributed by atoms with Gasteiger partial charge in [0.2, 0.25) is 5.91 Å². The van der Waals surface area contributed by atoms with Gasteiger partial charge in [0.05, 0.1) is 5.69 Å². The van der Waals surface area contributed by atoms with Crippen LogP contribution in [0.4, 0.5) is 10.1 Å². The Morgan fingerprint density at radius 2 is 2.31 bits per heavy atom. The number of hydrogen-bond acceptors (Lipinski definition) is 2. The Kier molecular flexibility index (Phi) is 3.22. The Hall–Kier alpha value is -1.13. The second-order valence-electron chi connectivity index (χ2n) is 2.33. The van der Waals surface area contributed by atoms with Gasteiger partial charge in [-0.3, -0.25) is 4.79 Å². The molecule has 3 nitrogen and oxygen atoms in total. The number of hydrogen-bond donors (Lipinski definition) is 2. The Labute approximate surface area is 79.1 Å². The van der Waals surface area contributed by atoms with Crippen molar-refractivity contribution in [1.29, 1.82) is 0 Å². The van der Waals surface area contributed by atoms with Gasteiger partial charge in [0.15, 0.2) is 0 Å². The molecule has 1 amide bonds. The second-order valence-corrected chi connectivity index (χ2v) is 2.77. The number of carbonyl (C=O) groups excluding carboxylic acids is 1. The topological polar surface area (TPSA) is 49.3 Å². The Balaban J connectivity index is 2.83. The van der Waals surface area contributed by atoms with Crippen molar-refractivity contribution in [3.63, 3.8) is 0 Å². The maximum atomic E-state index is 13.0. The number of benzene rings is 1. The first kappa shape index (κ1) is 9.95. The molecule has 0 aliphatic heterocycles. The SMILES string of the molecule is O=C(CO)Nc1ccc(Cl)cc1F. The summed E-state index contributed by atoms with van der Waals surface area (Å²) < 4.78 is 13.0. The maximum absolute atomic E-state index is 13.0. The molecule has 0 aliphatic rings. The van der Waals surface area contributed by atoms with Crippen LogP contribution >= 0.6 is 11.6 Å². The van der Waals surface area contributed by atoms with E-state index >= 15 is 0 Å². The number of nitrogens with one attached hydrogen (secondary N) is 1. The van der Waals surface area contributed by atoms with Crippen LogP contribution in [0.3, 0.4) is 0 Å². The van der Waals surface area contributed by atoms with Crippen molar-refractivity contribution in [2.75, 3.05) is 11.9 Å². The average Bonchev–Trinajstić information content (AvgIpc) is 2.09. The molecule has 0 bridgehead atoms. The van der Waals surface area contributed by atoms with Crippen LogP contribution in [0.5, 0.6) is 0 Å². The number of rotatable bonds is 2. The van der Waals surface area contributed by atoms with Gasteiger partial charge < -0.3 is 10.4 Å². The molecule has 0 unspecified atom stereocenters. The van der Waals surface area contributed by atoms with Gasteiger partial charge in [0.1, 0.15) is 12.4 Å². The molecule has 13 heavy (non-hydrogen) atoms. The third-order valence-corrected chi connectivity index (χ3v) is 1.58. The zero-order chi connectivity index (χ0) is 9.84. The molecule has 0 radical (unpaired) electrons. The fourth-order valence-corrected chi connectivity index (χ4v) is 0.939. The Bertz CT molecular complexity index is 330. The van der Waals surface area contributed by atoms with Crippen molar-refractivity contribution in [2.45, 2.75) is 0 Å². The van der Waals surface area contributed by atoms with E-state index in [-0.39, 0.29) is 10.7 Å². The molecular formula is C8H7ClFNO2. The highest BCUT2D eigenvalue weighted by molar-refractivity contribution is 6.30. The summed E-state index contributed by atoms with van der Waals surface area (Å²) in [6, 6.07) is 3.84. The smallest absolute Gasteiger partial charge is 0.250 e. The Morgan fingerprint density at radius 3 is 2.85 bits per heavy atom. The minimum Gasteiger partial charge on any atom is -0.387 e. The first-order valence-corrected chi connectivity index (χ1v) is 3.87. The maximum Gasteiger partial charge on any atom is 0.250 e. The summed E-state index contributed by atoms with van der Waals surface area (Å²) in [4.78, 5) is 10.7. The fraction of sp³-hybridized carbons (Fsp3) is 0.125. The molecule has 0 spiro atoms. The Morgan fingerprint density at radius 1 is 1.62 bits per heavy atom. The molecule has 70 valence electrons. The first-order chi connectivity index (χ1) is 6.13. The van der Waals surface area contributed by atoms with Gasteiger partial charge in [0.25, 0.3) is 0 Å². The number of aliphatic hydroxyl groups is 1. The minimum atomic E-state index is -0.679. The first-order valence-electron chi connectivity index (χ1n) is 3.49. The van der Waals surface area contributed by atoms with Crippen molar-refractivity contribution in [3.05, 3.63) is 29.0 Å². The quantitative estimate of drug-likeness (QED) is 0.764. The van der Waals surface area contributed by atoms with Crippen LogP contribution in [-0.4, -0.2) is 17.6 Å². The zero-order valence-corrected chi connectivity index (χ0v) is 7.31. The molecule has 2 N–H and O–H groups in total. The molecule has 1 aromatic carbocycles. The normalized spacial score (nSPS) is 9.77. The molecule has 5 heteroatoms. The summed E-state index contributed by atoms with van der Waals surface area (Å²) in [6.45, 7) is -0.679. The van der Waals surface area contributed by atoms with Crippen LogP contribution in [0.25, 0.3) is 0 Å². The van der Waals surface area contributed by atoms with E-state index in [0.29, 0.717) is 0 Å². The lowest BCUT2D eigenvalue weighted by atomic mass is 10.3. The fourth-order valence-electron chi connectivity index (χ4n) is 0.781. The summed E-state index contributed by atoms with van der Waals surface area (Å²) in [5, 5.41) is 10.8. The summed E-state index contributed by atoms with van der Waals surface area (Å²) in [5.74, 6) is -1.30. The molecule has 0 fully saturated rings. The largest absolute Gasteiger partial charge is 0.387 e. The molecule has 1 rings (SSSR count). The van der Waals surface area contributed by atoms with E-state index in [4.69, 9.17) is 16.7 Å². The van der Waals surface area contributed by atoms with Crippen LogP contribution in [-0.2, 0) is 4.79 Å². The van der Waals surface area contributed by atoms with Gasteiger partial charge in [-0.2, -0.15) is 0 Å². The van der Waals surface area contributed by atoms with Gasteiger partial charge in [-0.05, 0) is 18.2 Å². The molecule has 0 atom stereocenters. The van der Waals surface area contributed by atoms with Gasteiger partial charge in [0, 0.05) is 5.02 Å². The molecule has 0 aromatic heterocycles. The number of aliphatic hydroxyl groups excluding tert-OH is 1. The highest BCUT2D eigenvalue weighted by Gasteiger charge is 2.05. The van der Waals surface area contributed by atoms with E-state index in [0.717, 1.165) is 6.07 Å². The van der Waals surface area contributed by atoms with Crippen LogP contribution in [0.15, 0.2) is 18.2 Å². The summed E-state index contributed by atoms with van der Waals surface area (Å²) in [7, 11) is 0. The van der Waals surface area contributed by atoms with Gasteiger partial charge >= 0.3 is 0 Å². The molecular weight excluding hydrogens is 197 g/mol. The van der Waals surface area contributed by atoms with Gasteiger partial charge in [-0.15, -0.1) is 0 Å². The van der Waals surface area contributed by atoms with Crippen molar-refractivity contribution in [3.8, 4) is 0 Å². The number of halogens is 2. The molecule has 0 saturated carbocycles. The third kappa shape index (κ3) is 2.68. The van der Waals surface area contributed by atoms with Crippen LogP contribution in [0.2, 0.25) is 5.02 Å². The minimum absolute atomic E-state index is 0.00319. The monoisotopic (exact) mass is 203 g/mol. The van der Waals surface area contributed by atoms with E-state index in [1.165, 1.54) is 12.1 Å². The van der Waals surface area contributed by atoms with E-state index < -0.39 is 18.3 Å². The molecule has 0 heterocycles. The standard InChI is InChI=1S/C8H7ClFNO2/c9-5-1-2-7(6(10)3-5)11-8(13)4-12/h1-3,12H,4H2,(H,11,13). The predicted octanol–water partition coefficient (Wildman–Crippen LogP) is 1.41. The van der Waals surface area contributed by atoms with Crippen LogP contribution in [0.1, 0.15) is 0 Å². The van der Waals surface area contributed by atoms with Crippen molar-refractivity contribution < 1.29 is 14.3 Å². The lowest BCUT2D eigenvalue weighted by molar-refractivity contribution is -0.118. The van der Waals surface area contributed by atoms with E-state index in [2.05, 4.69) is 5.32 Å². The van der Waals surface area contributed by atoms with E-state index in [1.807, 2.05) is 0 Å². The molecule has 1 aromatic rings. The van der Waals surface area contributed by atoms with Crippen molar-refractivity contribution in [2.24, 2.45) is 0 Å². The number of anilines is 1. The molecule has 0 saturated heterocycles. The second kappa shape index (κ2) is 4.20. The predicted molar refractivity (Wildman–Crippen MR) is 47.1 cm³/mol. The van der Waals surface area contributed by atoms with Crippen LogP contribution < -0.4 is 5.32 Å². The van der Waals surface area contributed by atoms with Crippen LogP contribution in [0, 0.1) is 5.82 Å². The summed E-state index contributed by atoms with van der Waals surface area (Å²) in [6.07, 6.45) is 0. The highest BCUT2D eigenvalue weighted by Crippen LogP contribution is 2.18. The summed E-state index contributed by atoms with van der Waals surface area (Å²) >= 11 is 5.49. The summed E-state index contributed by atoms with van der Waals surface area (Å²) in [5.41, 5.74) is 0.00319. The van der Waals surface area contributed by atoms with Crippen molar-refractivity contribution >= 4 is 23.2 Å². The number of carbonyl (C=O) groups is 1. The number of amides is 1. The lowest BCUT2D eigenvalue weighted by Crippen LogP contribution is -2.16. The lowest BCUT2D eigenvalue weighted by Gasteiger charge is -2.03.